The van der Waals surface area contributed by atoms with Crippen molar-refractivity contribution in [2.24, 2.45) is 17.4 Å². The molecule has 2 rings (SSSR count). The fourth-order valence-electron chi connectivity index (χ4n) is 1.68. The SMILES string of the molecule is Cl.NC(=O)c1ccc(C(=O)NCC(N)C2CC2)cn1. The molecule has 0 bridgehead atoms. The van der Waals surface area contributed by atoms with Crippen LogP contribution in [0.5, 0.6) is 0 Å². The van der Waals surface area contributed by atoms with Crippen molar-refractivity contribution in [1.82, 2.24) is 10.3 Å². The van der Waals surface area contributed by atoms with E-state index in [9.17, 15) is 9.59 Å². The third-order valence-electron chi connectivity index (χ3n) is 3.00. The average molecular weight is 285 g/mol. The van der Waals surface area contributed by atoms with E-state index in [1.807, 2.05) is 0 Å². The van der Waals surface area contributed by atoms with E-state index in [1.165, 1.54) is 18.3 Å². The summed E-state index contributed by atoms with van der Waals surface area (Å²) < 4.78 is 0. The molecule has 0 saturated heterocycles. The van der Waals surface area contributed by atoms with Gasteiger partial charge in [0.05, 0.1) is 5.56 Å². The summed E-state index contributed by atoms with van der Waals surface area (Å²) in [6, 6.07) is 2.97. The molecule has 0 spiro atoms. The minimum absolute atomic E-state index is 0. The van der Waals surface area contributed by atoms with Gasteiger partial charge in [-0.05, 0) is 30.9 Å². The van der Waals surface area contributed by atoms with Crippen LogP contribution >= 0.6 is 12.4 Å². The van der Waals surface area contributed by atoms with Gasteiger partial charge in [-0.25, -0.2) is 0 Å². The highest BCUT2D eigenvalue weighted by molar-refractivity contribution is 5.95. The van der Waals surface area contributed by atoms with Gasteiger partial charge in [-0.1, -0.05) is 0 Å². The van der Waals surface area contributed by atoms with Crippen LogP contribution in [-0.4, -0.2) is 29.4 Å². The molecule has 1 aromatic heterocycles. The number of amides is 2. The molecule has 104 valence electrons. The van der Waals surface area contributed by atoms with E-state index < -0.39 is 5.91 Å². The first-order chi connectivity index (χ1) is 8.58. The topological polar surface area (TPSA) is 111 Å². The van der Waals surface area contributed by atoms with E-state index in [4.69, 9.17) is 11.5 Å². The first-order valence-corrected chi connectivity index (χ1v) is 5.87. The molecule has 1 fully saturated rings. The number of carbonyl (C=O) groups is 2. The highest BCUT2D eigenvalue weighted by Crippen LogP contribution is 2.31. The maximum absolute atomic E-state index is 11.8. The molecule has 1 atom stereocenters. The van der Waals surface area contributed by atoms with Crippen LogP contribution in [0.4, 0.5) is 0 Å². The second-order valence-corrected chi connectivity index (χ2v) is 4.51. The van der Waals surface area contributed by atoms with Crippen LogP contribution in [0.3, 0.4) is 0 Å². The van der Waals surface area contributed by atoms with Crippen LogP contribution in [0.25, 0.3) is 0 Å². The van der Waals surface area contributed by atoms with Crippen molar-refractivity contribution in [1.29, 1.82) is 0 Å². The van der Waals surface area contributed by atoms with Crippen LogP contribution in [0, 0.1) is 5.92 Å². The molecule has 1 aromatic rings. The second-order valence-electron chi connectivity index (χ2n) is 4.51. The Kier molecular flexibility index (Phi) is 5.26. The lowest BCUT2D eigenvalue weighted by Gasteiger charge is -2.11. The molecule has 19 heavy (non-hydrogen) atoms. The number of nitrogens with zero attached hydrogens (tertiary/aromatic N) is 1. The zero-order valence-electron chi connectivity index (χ0n) is 10.3. The Bertz CT molecular complexity index is 459. The van der Waals surface area contributed by atoms with Crippen molar-refractivity contribution in [2.45, 2.75) is 18.9 Å². The molecule has 1 heterocycles. The van der Waals surface area contributed by atoms with Crippen LogP contribution in [0.15, 0.2) is 18.3 Å². The van der Waals surface area contributed by atoms with Crippen molar-refractivity contribution < 1.29 is 9.59 Å². The zero-order chi connectivity index (χ0) is 13.1. The van der Waals surface area contributed by atoms with E-state index >= 15 is 0 Å². The molecular formula is C12H17ClN4O2. The lowest BCUT2D eigenvalue weighted by molar-refractivity contribution is 0.0946. The number of aromatic nitrogens is 1. The second kappa shape index (κ2) is 6.49. The van der Waals surface area contributed by atoms with Gasteiger partial charge in [0.2, 0.25) is 0 Å². The fraction of sp³-hybridized carbons (Fsp3) is 0.417. The van der Waals surface area contributed by atoms with Gasteiger partial charge in [0.1, 0.15) is 5.69 Å². The van der Waals surface area contributed by atoms with Crippen molar-refractivity contribution in [3.8, 4) is 0 Å². The summed E-state index contributed by atoms with van der Waals surface area (Å²) in [6.07, 6.45) is 3.62. The number of pyridine rings is 1. The Balaban J connectivity index is 0.00000180. The Labute approximate surface area is 117 Å². The minimum Gasteiger partial charge on any atom is -0.364 e. The van der Waals surface area contributed by atoms with Crippen LogP contribution < -0.4 is 16.8 Å². The molecule has 0 aromatic carbocycles. The molecule has 7 heteroatoms. The molecule has 0 aliphatic heterocycles. The molecule has 0 radical (unpaired) electrons. The van der Waals surface area contributed by atoms with E-state index in [1.54, 1.807) is 0 Å². The summed E-state index contributed by atoms with van der Waals surface area (Å²) >= 11 is 0. The number of rotatable bonds is 5. The summed E-state index contributed by atoms with van der Waals surface area (Å²) in [5.41, 5.74) is 11.5. The van der Waals surface area contributed by atoms with Gasteiger partial charge < -0.3 is 16.8 Å². The highest BCUT2D eigenvalue weighted by atomic mass is 35.5. The Morgan fingerprint density at radius 1 is 1.42 bits per heavy atom. The summed E-state index contributed by atoms with van der Waals surface area (Å²) in [5.74, 6) is -0.312. The molecule has 1 aliphatic carbocycles. The van der Waals surface area contributed by atoms with Gasteiger partial charge in [-0.15, -0.1) is 12.4 Å². The smallest absolute Gasteiger partial charge is 0.267 e. The molecule has 1 unspecified atom stereocenters. The largest absolute Gasteiger partial charge is 0.364 e. The maximum atomic E-state index is 11.8. The standard InChI is InChI=1S/C12H16N4O2.ClH/c13-9(7-1-2-7)6-16-12(18)8-3-4-10(11(14)17)15-5-8;/h3-5,7,9H,1-2,6,13H2,(H2,14,17)(H,16,18);1H. The van der Waals surface area contributed by atoms with E-state index in [0.29, 0.717) is 18.0 Å². The van der Waals surface area contributed by atoms with E-state index in [2.05, 4.69) is 10.3 Å². The molecule has 6 nitrogen and oxygen atoms in total. The van der Waals surface area contributed by atoms with Crippen molar-refractivity contribution in [3.05, 3.63) is 29.6 Å². The number of nitrogens with two attached hydrogens (primary N) is 2. The van der Waals surface area contributed by atoms with Crippen LogP contribution in [0.1, 0.15) is 33.7 Å². The lowest BCUT2D eigenvalue weighted by atomic mass is 10.2. The van der Waals surface area contributed by atoms with Crippen molar-refractivity contribution in [3.63, 3.8) is 0 Å². The van der Waals surface area contributed by atoms with Crippen molar-refractivity contribution >= 4 is 24.2 Å². The van der Waals surface area contributed by atoms with Crippen molar-refractivity contribution in [2.75, 3.05) is 6.54 Å². The summed E-state index contributed by atoms with van der Waals surface area (Å²) in [7, 11) is 0. The van der Waals surface area contributed by atoms with Gasteiger partial charge in [-0.3, -0.25) is 14.6 Å². The minimum atomic E-state index is -0.613. The molecular weight excluding hydrogens is 268 g/mol. The lowest BCUT2D eigenvalue weighted by Crippen LogP contribution is -2.38. The fourth-order valence-corrected chi connectivity index (χ4v) is 1.68. The average Bonchev–Trinajstić information content (AvgIpc) is 3.20. The summed E-state index contributed by atoms with van der Waals surface area (Å²) in [6.45, 7) is 0.459. The zero-order valence-corrected chi connectivity index (χ0v) is 11.2. The third-order valence-corrected chi connectivity index (χ3v) is 3.00. The number of carbonyl (C=O) groups excluding carboxylic acids is 2. The first-order valence-electron chi connectivity index (χ1n) is 5.87. The predicted molar refractivity (Wildman–Crippen MR) is 73.0 cm³/mol. The first kappa shape index (κ1) is 15.4. The molecule has 5 N–H and O–H groups in total. The van der Waals surface area contributed by atoms with E-state index in [0.717, 1.165) is 12.8 Å². The normalized spacial score (nSPS) is 15.2. The molecule has 1 saturated carbocycles. The number of hydrogen-bond acceptors (Lipinski definition) is 4. The summed E-state index contributed by atoms with van der Waals surface area (Å²) in [5, 5.41) is 2.75. The van der Waals surface area contributed by atoms with Gasteiger partial charge in [0.25, 0.3) is 11.8 Å². The van der Waals surface area contributed by atoms with Gasteiger partial charge in [0, 0.05) is 18.8 Å². The number of nitrogens with one attached hydrogen (secondary N) is 1. The molecule has 2 amide bonds. The molecule has 1 aliphatic rings. The van der Waals surface area contributed by atoms with Crippen LogP contribution in [0.2, 0.25) is 0 Å². The van der Waals surface area contributed by atoms with Crippen LogP contribution in [-0.2, 0) is 0 Å². The predicted octanol–water partition coefficient (Wildman–Crippen LogP) is 0.0694. The third kappa shape index (κ3) is 4.18. The van der Waals surface area contributed by atoms with Gasteiger partial charge >= 0.3 is 0 Å². The van der Waals surface area contributed by atoms with Gasteiger partial charge in [-0.2, -0.15) is 0 Å². The van der Waals surface area contributed by atoms with Gasteiger partial charge in [0.15, 0.2) is 0 Å². The number of halogens is 1. The Morgan fingerprint density at radius 2 is 2.11 bits per heavy atom. The quantitative estimate of drug-likeness (QED) is 0.710. The summed E-state index contributed by atoms with van der Waals surface area (Å²) in [4.78, 5) is 26.4. The maximum Gasteiger partial charge on any atom is 0.267 e. The van der Waals surface area contributed by atoms with E-state index in [-0.39, 0.29) is 30.0 Å². The number of primary amides is 1. The Morgan fingerprint density at radius 3 is 2.58 bits per heavy atom. The highest BCUT2D eigenvalue weighted by Gasteiger charge is 2.28. The monoisotopic (exact) mass is 284 g/mol. The Hall–Kier alpha value is -1.66. The number of hydrogen-bond donors (Lipinski definition) is 3.